The number of benzene rings is 2. The van der Waals surface area contributed by atoms with Crippen LogP contribution >= 0.6 is 0 Å². The van der Waals surface area contributed by atoms with Crippen LogP contribution in [0.15, 0.2) is 60.7 Å². The summed E-state index contributed by atoms with van der Waals surface area (Å²) in [5.74, 6) is 2.00. The molecule has 2 N–H and O–H groups in total. The van der Waals surface area contributed by atoms with Gasteiger partial charge < -0.3 is 10.6 Å². The van der Waals surface area contributed by atoms with Crippen molar-refractivity contribution in [2.45, 2.75) is 19.9 Å². The lowest BCUT2D eigenvalue weighted by Gasteiger charge is -2.14. The van der Waals surface area contributed by atoms with E-state index in [-0.39, 0.29) is 6.04 Å². The maximum Gasteiger partial charge on any atom is 0.163 e. The van der Waals surface area contributed by atoms with Crippen LogP contribution in [0.3, 0.4) is 0 Å². The van der Waals surface area contributed by atoms with Gasteiger partial charge in [-0.25, -0.2) is 9.97 Å². The van der Waals surface area contributed by atoms with Crippen molar-refractivity contribution in [2.75, 3.05) is 10.6 Å². The zero-order chi connectivity index (χ0) is 17.6. The molecule has 2 aromatic carbocycles. The van der Waals surface area contributed by atoms with Gasteiger partial charge in [0.05, 0.1) is 11.3 Å². The van der Waals surface area contributed by atoms with Crippen molar-refractivity contribution >= 4 is 17.3 Å². The van der Waals surface area contributed by atoms with Gasteiger partial charge in [0.15, 0.2) is 5.82 Å². The van der Waals surface area contributed by atoms with Gasteiger partial charge in [0.2, 0.25) is 0 Å². The average Bonchev–Trinajstić information content (AvgIpc) is 2.62. The summed E-state index contributed by atoms with van der Waals surface area (Å²) >= 11 is 0. The fourth-order valence-corrected chi connectivity index (χ4v) is 2.42. The van der Waals surface area contributed by atoms with Crippen LogP contribution in [0.5, 0.6) is 0 Å². The highest BCUT2D eigenvalue weighted by molar-refractivity contribution is 5.68. The normalized spacial score (nSPS) is 10.3. The molecular formula is C20H19N5. The van der Waals surface area contributed by atoms with Gasteiger partial charge in [0, 0.05) is 17.7 Å². The second-order valence-corrected chi connectivity index (χ2v) is 5.91. The summed E-state index contributed by atoms with van der Waals surface area (Å²) in [6.45, 7) is 4.12. The standard InChI is InChI=1S/C20H19N5/c1-14(2)22-18-12-19(23-17-11-7-6-10-16(17)13-21)25-20(24-18)15-8-4-3-5-9-15/h3-12,14H,1-2H3,(H2,22,23,24,25). The predicted octanol–water partition coefficient (Wildman–Crippen LogP) is 4.58. The summed E-state index contributed by atoms with van der Waals surface area (Å²) < 4.78 is 0. The number of nitriles is 1. The zero-order valence-electron chi connectivity index (χ0n) is 14.2. The van der Waals surface area contributed by atoms with Gasteiger partial charge in [0.1, 0.15) is 17.7 Å². The number of rotatable bonds is 5. The molecule has 0 amide bonds. The van der Waals surface area contributed by atoms with E-state index in [1.807, 2.05) is 54.6 Å². The lowest BCUT2D eigenvalue weighted by Crippen LogP contribution is -2.12. The van der Waals surface area contributed by atoms with E-state index in [1.54, 1.807) is 6.07 Å². The van der Waals surface area contributed by atoms with E-state index >= 15 is 0 Å². The maximum atomic E-state index is 9.27. The summed E-state index contributed by atoms with van der Waals surface area (Å²) in [5, 5.41) is 15.8. The number of nitrogens with one attached hydrogen (secondary N) is 2. The molecule has 1 aromatic heterocycles. The first-order valence-electron chi connectivity index (χ1n) is 8.13. The third kappa shape index (κ3) is 4.12. The van der Waals surface area contributed by atoms with E-state index in [4.69, 9.17) is 0 Å². The van der Waals surface area contributed by atoms with Gasteiger partial charge in [-0.05, 0) is 26.0 Å². The fraction of sp³-hybridized carbons (Fsp3) is 0.150. The number of hydrogen-bond acceptors (Lipinski definition) is 5. The molecule has 0 spiro atoms. The molecule has 5 heteroatoms. The molecule has 0 atom stereocenters. The highest BCUT2D eigenvalue weighted by atomic mass is 15.1. The quantitative estimate of drug-likeness (QED) is 0.717. The minimum atomic E-state index is 0.248. The summed E-state index contributed by atoms with van der Waals surface area (Å²) in [4.78, 5) is 9.21. The molecular weight excluding hydrogens is 310 g/mol. The van der Waals surface area contributed by atoms with Gasteiger partial charge in [-0.1, -0.05) is 42.5 Å². The Labute approximate surface area is 147 Å². The lowest BCUT2D eigenvalue weighted by molar-refractivity contribution is 0.887. The van der Waals surface area contributed by atoms with Gasteiger partial charge in [-0.15, -0.1) is 0 Å². The van der Waals surface area contributed by atoms with E-state index in [2.05, 4.69) is 40.5 Å². The highest BCUT2D eigenvalue weighted by Gasteiger charge is 2.09. The van der Waals surface area contributed by atoms with Crippen molar-refractivity contribution in [3.63, 3.8) is 0 Å². The Morgan fingerprint density at radius 1 is 0.920 bits per heavy atom. The van der Waals surface area contributed by atoms with Crippen LogP contribution < -0.4 is 10.6 Å². The Balaban J connectivity index is 2.02. The van der Waals surface area contributed by atoms with Crippen LogP contribution in [0.25, 0.3) is 11.4 Å². The van der Waals surface area contributed by atoms with Crippen molar-refractivity contribution < 1.29 is 0 Å². The van der Waals surface area contributed by atoms with Crippen LogP contribution in [0, 0.1) is 11.3 Å². The van der Waals surface area contributed by atoms with Gasteiger partial charge in [-0.2, -0.15) is 5.26 Å². The van der Waals surface area contributed by atoms with Crippen LogP contribution in [0.2, 0.25) is 0 Å². The Morgan fingerprint density at radius 3 is 2.32 bits per heavy atom. The van der Waals surface area contributed by atoms with Crippen LogP contribution in [0.1, 0.15) is 19.4 Å². The summed E-state index contributed by atoms with van der Waals surface area (Å²) in [5.41, 5.74) is 2.23. The number of para-hydroxylation sites is 1. The molecule has 3 aromatic rings. The van der Waals surface area contributed by atoms with Gasteiger partial charge in [0.25, 0.3) is 0 Å². The summed E-state index contributed by atoms with van der Waals surface area (Å²) in [6, 6.07) is 21.5. The van der Waals surface area contributed by atoms with E-state index in [9.17, 15) is 5.26 Å². The second-order valence-electron chi connectivity index (χ2n) is 5.91. The van der Waals surface area contributed by atoms with Gasteiger partial charge in [-0.3, -0.25) is 0 Å². The molecule has 0 fully saturated rings. The molecule has 3 rings (SSSR count). The molecule has 25 heavy (non-hydrogen) atoms. The fourth-order valence-electron chi connectivity index (χ4n) is 2.42. The molecule has 0 saturated heterocycles. The largest absolute Gasteiger partial charge is 0.368 e. The molecule has 1 heterocycles. The third-order valence-electron chi connectivity index (χ3n) is 3.50. The minimum Gasteiger partial charge on any atom is -0.368 e. The number of aromatic nitrogens is 2. The predicted molar refractivity (Wildman–Crippen MR) is 101 cm³/mol. The topological polar surface area (TPSA) is 73.6 Å². The van der Waals surface area contributed by atoms with Crippen molar-refractivity contribution in [3.05, 3.63) is 66.2 Å². The molecule has 0 aliphatic heterocycles. The average molecular weight is 329 g/mol. The van der Waals surface area contributed by atoms with Crippen LogP contribution in [-0.4, -0.2) is 16.0 Å². The Hall–Kier alpha value is -3.39. The van der Waals surface area contributed by atoms with Crippen molar-refractivity contribution in [3.8, 4) is 17.5 Å². The van der Waals surface area contributed by atoms with E-state index in [0.717, 1.165) is 17.1 Å². The molecule has 0 aliphatic carbocycles. The lowest BCUT2D eigenvalue weighted by atomic mass is 10.2. The van der Waals surface area contributed by atoms with Crippen molar-refractivity contribution in [1.29, 1.82) is 5.26 Å². The van der Waals surface area contributed by atoms with E-state index in [0.29, 0.717) is 17.2 Å². The molecule has 0 radical (unpaired) electrons. The van der Waals surface area contributed by atoms with Crippen LogP contribution in [-0.2, 0) is 0 Å². The van der Waals surface area contributed by atoms with Gasteiger partial charge >= 0.3 is 0 Å². The zero-order valence-corrected chi connectivity index (χ0v) is 14.2. The first kappa shape index (κ1) is 16.5. The molecule has 5 nitrogen and oxygen atoms in total. The Morgan fingerprint density at radius 2 is 1.60 bits per heavy atom. The number of anilines is 3. The van der Waals surface area contributed by atoms with E-state index < -0.39 is 0 Å². The Kier molecular flexibility index (Phi) is 4.91. The third-order valence-corrected chi connectivity index (χ3v) is 3.50. The molecule has 0 aliphatic rings. The molecule has 124 valence electrons. The van der Waals surface area contributed by atoms with Crippen molar-refractivity contribution in [2.24, 2.45) is 0 Å². The van der Waals surface area contributed by atoms with Crippen LogP contribution in [0.4, 0.5) is 17.3 Å². The smallest absolute Gasteiger partial charge is 0.163 e. The highest BCUT2D eigenvalue weighted by Crippen LogP contribution is 2.24. The van der Waals surface area contributed by atoms with E-state index in [1.165, 1.54) is 0 Å². The Bertz CT molecular complexity index is 897. The first-order valence-corrected chi connectivity index (χ1v) is 8.13. The second kappa shape index (κ2) is 7.45. The SMILES string of the molecule is CC(C)Nc1cc(Nc2ccccc2C#N)nc(-c2ccccc2)n1. The molecule has 0 bridgehead atoms. The summed E-state index contributed by atoms with van der Waals surface area (Å²) in [7, 11) is 0. The molecule has 0 unspecified atom stereocenters. The monoisotopic (exact) mass is 329 g/mol. The minimum absolute atomic E-state index is 0.248. The number of nitrogens with zero attached hydrogens (tertiary/aromatic N) is 3. The molecule has 0 saturated carbocycles. The first-order chi connectivity index (χ1) is 12.2. The number of hydrogen-bond donors (Lipinski definition) is 2. The van der Waals surface area contributed by atoms with Crippen molar-refractivity contribution in [1.82, 2.24) is 9.97 Å². The maximum absolute atomic E-state index is 9.27. The summed E-state index contributed by atoms with van der Waals surface area (Å²) in [6.07, 6.45) is 0.